The van der Waals surface area contributed by atoms with Gasteiger partial charge in [0.2, 0.25) is 5.91 Å². The minimum absolute atomic E-state index is 0.126. The van der Waals surface area contributed by atoms with Gasteiger partial charge in [-0.15, -0.1) is 11.8 Å². The van der Waals surface area contributed by atoms with Gasteiger partial charge in [-0.1, -0.05) is 18.2 Å². The third-order valence-electron chi connectivity index (χ3n) is 5.34. The van der Waals surface area contributed by atoms with E-state index in [1.807, 2.05) is 55.5 Å². The SMILES string of the molecule is CCOc1ccc(N(CC(=O)NCCN(C)c2ccccc2)S(=O)(=O)c2ccc(SC)cc2)cc1. The number of thioether (sulfide) groups is 1. The molecule has 3 aromatic carbocycles. The van der Waals surface area contributed by atoms with Crippen LogP contribution in [0.3, 0.4) is 0 Å². The number of hydrogen-bond acceptors (Lipinski definition) is 6. The van der Waals surface area contributed by atoms with Crippen molar-refractivity contribution in [1.29, 1.82) is 0 Å². The summed E-state index contributed by atoms with van der Waals surface area (Å²) in [7, 11) is -2.03. The van der Waals surface area contributed by atoms with E-state index in [1.54, 1.807) is 48.5 Å². The van der Waals surface area contributed by atoms with E-state index in [-0.39, 0.29) is 17.3 Å². The monoisotopic (exact) mass is 513 g/mol. The van der Waals surface area contributed by atoms with Gasteiger partial charge in [-0.3, -0.25) is 9.10 Å². The van der Waals surface area contributed by atoms with Crippen LogP contribution in [0.2, 0.25) is 0 Å². The molecule has 0 saturated carbocycles. The van der Waals surface area contributed by atoms with Gasteiger partial charge < -0.3 is 15.0 Å². The topological polar surface area (TPSA) is 79.0 Å². The van der Waals surface area contributed by atoms with Gasteiger partial charge in [0.25, 0.3) is 10.0 Å². The van der Waals surface area contributed by atoms with Crippen molar-refractivity contribution in [2.24, 2.45) is 0 Å². The molecule has 0 fully saturated rings. The van der Waals surface area contributed by atoms with E-state index in [9.17, 15) is 13.2 Å². The van der Waals surface area contributed by atoms with Crippen molar-refractivity contribution >= 4 is 39.1 Å². The number of anilines is 2. The Hall–Kier alpha value is -3.17. The number of nitrogens with one attached hydrogen (secondary N) is 1. The number of ether oxygens (including phenoxy) is 1. The van der Waals surface area contributed by atoms with Gasteiger partial charge in [0.15, 0.2) is 0 Å². The number of carbonyl (C=O) groups is 1. The average Bonchev–Trinajstić information content (AvgIpc) is 2.88. The molecule has 0 spiro atoms. The van der Waals surface area contributed by atoms with Crippen molar-refractivity contribution in [2.75, 3.05) is 48.7 Å². The lowest BCUT2D eigenvalue weighted by Crippen LogP contribution is -2.42. The molecule has 0 bridgehead atoms. The zero-order valence-corrected chi connectivity index (χ0v) is 21.8. The molecule has 0 aliphatic rings. The van der Waals surface area contributed by atoms with Crippen LogP contribution in [0.1, 0.15) is 6.92 Å². The van der Waals surface area contributed by atoms with Gasteiger partial charge >= 0.3 is 0 Å². The molecule has 0 atom stereocenters. The summed E-state index contributed by atoms with van der Waals surface area (Å²) in [6.45, 7) is 3.01. The van der Waals surface area contributed by atoms with E-state index >= 15 is 0 Å². The highest BCUT2D eigenvalue weighted by atomic mass is 32.2. The molecule has 186 valence electrons. The molecule has 3 rings (SSSR count). The summed E-state index contributed by atoms with van der Waals surface area (Å²) in [6.07, 6.45) is 1.93. The maximum Gasteiger partial charge on any atom is 0.264 e. The Morgan fingerprint density at radius 1 is 0.943 bits per heavy atom. The zero-order valence-electron chi connectivity index (χ0n) is 20.2. The molecule has 0 saturated heterocycles. The average molecular weight is 514 g/mol. The third kappa shape index (κ3) is 7.16. The van der Waals surface area contributed by atoms with Crippen molar-refractivity contribution < 1.29 is 17.9 Å². The first-order valence-corrected chi connectivity index (χ1v) is 13.9. The van der Waals surface area contributed by atoms with Crippen LogP contribution < -0.4 is 19.3 Å². The van der Waals surface area contributed by atoms with Crippen molar-refractivity contribution in [2.45, 2.75) is 16.7 Å². The molecule has 0 aliphatic heterocycles. The van der Waals surface area contributed by atoms with Crippen LogP contribution >= 0.6 is 11.8 Å². The second kappa shape index (κ2) is 12.5. The maximum absolute atomic E-state index is 13.5. The van der Waals surface area contributed by atoms with Crippen molar-refractivity contribution in [3.63, 3.8) is 0 Å². The highest BCUT2D eigenvalue weighted by molar-refractivity contribution is 7.98. The van der Waals surface area contributed by atoms with Crippen LogP contribution in [-0.4, -0.2) is 53.9 Å². The summed E-state index contributed by atoms with van der Waals surface area (Å²) < 4.78 is 33.7. The number of benzene rings is 3. The summed E-state index contributed by atoms with van der Waals surface area (Å²) in [5, 5.41) is 2.84. The molecule has 0 aliphatic carbocycles. The summed E-state index contributed by atoms with van der Waals surface area (Å²) >= 11 is 1.53. The van der Waals surface area contributed by atoms with E-state index in [2.05, 4.69) is 5.32 Å². The normalized spacial score (nSPS) is 11.1. The van der Waals surface area contributed by atoms with E-state index < -0.39 is 10.0 Å². The van der Waals surface area contributed by atoms with Gasteiger partial charge in [0, 0.05) is 30.7 Å². The van der Waals surface area contributed by atoms with Gasteiger partial charge in [-0.2, -0.15) is 0 Å². The van der Waals surface area contributed by atoms with E-state index in [1.165, 1.54) is 11.8 Å². The first-order valence-electron chi connectivity index (χ1n) is 11.3. The summed E-state index contributed by atoms with van der Waals surface area (Å²) in [6, 6.07) is 23.2. The lowest BCUT2D eigenvalue weighted by Gasteiger charge is -2.25. The largest absolute Gasteiger partial charge is 0.494 e. The van der Waals surface area contributed by atoms with Gasteiger partial charge in [-0.25, -0.2) is 8.42 Å². The maximum atomic E-state index is 13.5. The predicted octanol–water partition coefficient (Wildman–Crippen LogP) is 4.26. The lowest BCUT2D eigenvalue weighted by molar-refractivity contribution is -0.119. The first-order chi connectivity index (χ1) is 16.8. The molecule has 0 radical (unpaired) electrons. The quantitative estimate of drug-likeness (QED) is 0.365. The van der Waals surface area contributed by atoms with Crippen LogP contribution in [0.5, 0.6) is 5.75 Å². The Morgan fingerprint density at radius 2 is 1.60 bits per heavy atom. The second-order valence-electron chi connectivity index (χ2n) is 7.72. The number of sulfonamides is 1. The number of carbonyl (C=O) groups excluding carboxylic acids is 1. The van der Waals surface area contributed by atoms with Gasteiger partial charge in [0.05, 0.1) is 17.2 Å². The number of nitrogens with zero attached hydrogens (tertiary/aromatic N) is 2. The molecule has 0 aromatic heterocycles. The van der Waals surface area contributed by atoms with E-state index in [0.717, 1.165) is 14.9 Å². The zero-order chi connectivity index (χ0) is 25.3. The van der Waals surface area contributed by atoms with Crippen LogP contribution in [0.15, 0.2) is 88.7 Å². The number of likely N-dealkylation sites (N-methyl/N-ethyl adjacent to an activating group) is 1. The third-order valence-corrected chi connectivity index (χ3v) is 7.87. The fourth-order valence-corrected chi connectivity index (χ4v) is 5.26. The second-order valence-corrected chi connectivity index (χ2v) is 10.5. The molecule has 1 amide bonds. The van der Waals surface area contributed by atoms with Crippen LogP contribution in [0.25, 0.3) is 0 Å². The highest BCUT2D eigenvalue weighted by Gasteiger charge is 2.27. The van der Waals surface area contributed by atoms with Crippen LogP contribution in [-0.2, 0) is 14.8 Å². The molecular weight excluding hydrogens is 482 g/mol. The van der Waals surface area contributed by atoms with Gasteiger partial charge in [0.1, 0.15) is 12.3 Å². The minimum atomic E-state index is -3.97. The predicted molar refractivity (Wildman–Crippen MR) is 143 cm³/mol. The Morgan fingerprint density at radius 3 is 2.20 bits per heavy atom. The number of para-hydroxylation sites is 1. The Labute approximate surface area is 212 Å². The Balaban J connectivity index is 1.76. The molecule has 9 heteroatoms. The van der Waals surface area contributed by atoms with Crippen LogP contribution in [0.4, 0.5) is 11.4 Å². The van der Waals surface area contributed by atoms with E-state index in [0.29, 0.717) is 31.1 Å². The smallest absolute Gasteiger partial charge is 0.264 e. The Bertz CT molecular complexity index is 1190. The fraction of sp³-hybridized carbons (Fsp3) is 0.269. The van der Waals surface area contributed by atoms with Crippen molar-refractivity contribution in [1.82, 2.24) is 5.32 Å². The van der Waals surface area contributed by atoms with Crippen molar-refractivity contribution in [3.8, 4) is 5.75 Å². The van der Waals surface area contributed by atoms with Crippen LogP contribution in [0, 0.1) is 0 Å². The Kier molecular flexibility index (Phi) is 9.45. The van der Waals surface area contributed by atoms with Gasteiger partial charge in [-0.05, 0) is 73.8 Å². The molecular formula is C26H31N3O4S2. The molecule has 0 unspecified atom stereocenters. The lowest BCUT2D eigenvalue weighted by atomic mass is 10.3. The fourth-order valence-electron chi connectivity index (χ4n) is 3.43. The molecule has 3 aromatic rings. The molecule has 1 N–H and O–H groups in total. The number of hydrogen-bond donors (Lipinski definition) is 1. The molecule has 0 heterocycles. The minimum Gasteiger partial charge on any atom is -0.494 e. The highest BCUT2D eigenvalue weighted by Crippen LogP contribution is 2.27. The summed E-state index contributed by atoms with van der Waals surface area (Å²) in [5.74, 6) is 0.246. The number of amides is 1. The first kappa shape index (κ1) is 26.4. The van der Waals surface area contributed by atoms with Crippen molar-refractivity contribution in [3.05, 3.63) is 78.9 Å². The number of rotatable bonds is 12. The molecule has 35 heavy (non-hydrogen) atoms. The van der Waals surface area contributed by atoms with E-state index in [4.69, 9.17) is 4.74 Å². The molecule has 7 nitrogen and oxygen atoms in total. The standard InChI is InChI=1S/C26H31N3O4S2/c1-4-33-23-12-10-22(11-13-23)29(35(31,32)25-16-14-24(34-3)15-17-25)20-26(30)27-18-19-28(2)21-8-6-5-7-9-21/h5-17H,4,18-20H2,1-3H3,(H,27,30). The summed E-state index contributed by atoms with van der Waals surface area (Å²) in [4.78, 5) is 15.9. The summed E-state index contributed by atoms with van der Waals surface area (Å²) in [5.41, 5.74) is 1.42.